The monoisotopic (exact) mass is 221 g/mol. The Bertz CT molecular complexity index is 426. The van der Waals surface area contributed by atoms with E-state index in [1.54, 1.807) is 0 Å². The topological polar surface area (TPSA) is 65.5 Å². The SMILES string of the molecule is COC(=O)C=Cc1cc(C(=O)OC)ccn1. The van der Waals surface area contributed by atoms with E-state index in [1.165, 1.54) is 44.7 Å². The Morgan fingerprint density at radius 3 is 2.69 bits per heavy atom. The summed E-state index contributed by atoms with van der Waals surface area (Å²) in [6.45, 7) is 0. The van der Waals surface area contributed by atoms with Crippen molar-refractivity contribution in [3.05, 3.63) is 35.7 Å². The van der Waals surface area contributed by atoms with E-state index in [0.717, 1.165) is 0 Å². The molecule has 0 radical (unpaired) electrons. The van der Waals surface area contributed by atoms with Crippen molar-refractivity contribution < 1.29 is 19.1 Å². The Labute approximate surface area is 92.7 Å². The third-order valence-corrected chi connectivity index (χ3v) is 1.79. The first-order chi connectivity index (χ1) is 7.67. The molecule has 0 aliphatic carbocycles. The molecule has 1 rings (SSSR count). The summed E-state index contributed by atoms with van der Waals surface area (Å²) in [5.41, 5.74) is 0.857. The van der Waals surface area contributed by atoms with E-state index < -0.39 is 11.9 Å². The first kappa shape index (κ1) is 11.9. The highest BCUT2D eigenvalue weighted by Gasteiger charge is 2.05. The Morgan fingerprint density at radius 1 is 1.31 bits per heavy atom. The molecule has 0 unspecified atom stereocenters. The van der Waals surface area contributed by atoms with Gasteiger partial charge in [-0.2, -0.15) is 0 Å². The van der Waals surface area contributed by atoms with Crippen molar-refractivity contribution in [3.8, 4) is 0 Å². The maximum absolute atomic E-state index is 11.2. The highest BCUT2D eigenvalue weighted by molar-refractivity contribution is 5.90. The van der Waals surface area contributed by atoms with Crippen LogP contribution >= 0.6 is 0 Å². The lowest BCUT2D eigenvalue weighted by molar-refractivity contribution is -0.134. The third-order valence-electron chi connectivity index (χ3n) is 1.79. The van der Waals surface area contributed by atoms with Gasteiger partial charge in [0.1, 0.15) is 0 Å². The first-order valence-corrected chi connectivity index (χ1v) is 4.47. The molecular formula is C11H11NO4. The van der Waals surface area contributed by atoms with Gasteiger partial charge < -0.3 is 9.47 Å². The number of esters is 2. The van der Waals surface area contributed by atoms with Crippen LogP contribution < -0.4 is 0 Å². The summed E-state index contributed by atoms with van der Waals surface area (Å²) in [7, 11) is 2.58. The van der Waals surface area contributed by atoms with Crippen molar-refractivity contribution in [2.45, 2.75) is 0 Å². The average Bonchev–Trinajstić information content (AvgIpc) is 2.35. The van der Waals surface area contributed by atoms with E-state index >= 15 is 0 Å². The number of nitrogens with zero attached hydrogens (tertiary/aromatic N) is 1. The number of hydrogen-bond donors (Lipinski definition) is 0. The van der Waals surface area contributed by atoms with Crippen molar-refractivity contribution in [2.75, 3.05) is 14.2 Å². The van der Waals surface area contributed by atoms with E-state index in [4.69, 9.17) is 0 Å². The molecule has 1 heterocycles. The minimum Gasteiger partial charge on any atom is -0.466 e. The molecule has 5 heteroatoms. The smallest absolute Gasteiger partial charge is 0.337 e. The van der Waals surface area contributed by atoms with Gasteiger partial charge >= 0.3 is 11.9 Å². The van der Waals surface area contributed by atoms with E-state index in [9.17, 15) is 9.59 Å². The number of ether oxygens (including phenoxy) is 2. The molecule has 0 bridgehead atoms. The fourth-order valence-electron chi connectivity index (χ4n) is 1.01. The van der Waals surface area contributed by atoms with Crippen LogP contribution in [0.2, 0.25) is 0 Å². The van der Waals surface area contributed by atoms with Crippen LogP contribution in [-0.4, -0.2) is 31.1 Å². The van der Waals surface area contributed by atoms with Crippen LogP contribution in [0.3, 0.4) is 0 Å². The average molecular weight is 221 g/mol. The molecule has 1 aromatic rings. The van der Waals surface area contributed by atoms with Gasteiger partial charge in [0.25, 0.3) is 0 Å². The van der Waals surface area contributed by atoms with Gasteiger partial charge in [0.2, 0.25) is 0 Å². The van der Waals surface area contributed by atoms with E-state index in [1.807, 2.05) is 0 Å². The summed E-state index contributed by atoms with van der Waals surface area (Å²) in [6.07, 6.45) is 4.14. The Balaban J connectivity index is 2.86. The minimum absolute atomic E-state index is 0.377. The zero-order valence-corrected chi connectivity index (χ0v) is 8.97. The summed E-state index contributed by atoms with van der Waals surface area (Å²) in [6, 6.07) is 3.05. The molecule has 0 aliphatic heterocycles. The fraction of sp³-hybridized carbons (Fsp3) is 0.182. The molecule has 1 aromatic heterocycles. The molecule has 84 valence electrons. The second-order valence-corrected chi connectivity index (χ2v) is 2.82. The molecule has 0 aromatic carbocycles. The Hall–Kier alpha value is -2.17. The van der Waals surface area contributed by atoms with Gasteiger partial charge in [0.05, 0.1) is 25.5 Å². The number of hydrogen-bond acceptors (Lipinski definition) is 5. The van der Waals surface area contributed by atoms with Gasteiger partial charge in [-0.1, -0.05) is 0 Å². The zero-order chi connectivity index (χ0) is 12.0. The quantitative estimate of drug-likeness (QED) is 0.564. The first-order valence-electron chi connectivity index (χ1n) is 4.47. The highest BCUT2D eigenvalue weighted by Crippen LogP contribution is 2.05. The lowest BCUT2D eigenvalue weighted by Gasteiger charge is -1.99. The number of aromatic nitrogens is 1. The Morgan fingerprint density at radius 2 is 2.06 bits per heavy atom. The summed E-state index contributed by atoms with van der Waals surface area (Å²) >= 11 is 0. The van der Waals surface area contributed by atoms with E-state index in [0.29, 0.717) is 11.3 Å². The molecule has 0 spiro atoms. The van der Waals surface area contributed by atoms with Crippen molar-refractivity contribution in [2.24, 2.45) is 0 Å². The maximum atomic E-state index is 11.2. The number of pyridine rings is 1. The number of carbonyl (C=O) groups excluding carboxylic acids is 2. The van der Waals surface area contributed by atoms with Crippen LogP contribution in [0, 0.1) is 0 Å². The molecule has 0 aliphatic rings. The fourth-order valence-corrected chi connectivity index (χ4v) is 1.01. The lowest BCUT2D eigenvalue weighted by atomic mass is 10.2. The van der Waals surface area contributed by atoms with Crippen LogP contribution in [0.4, 0.5) is 0 Å². The standard InChI is InChI=1S/C11H11NO4/c1-15-10(13)4-3-9-7-8(5-6-12-9)11(14)16-2/h3-7H,1-2H3. The molecule has 0 fully saturated rings. The van der Waals surface area contributed by atoms with Gasteiger partial charge in [-0.05, 0) is 18.2 Å². The third kappa shape index (κ3) is 3.20. The summed E-state index contributed by atoms with van der Waals surface area (Å²) in [5.74, 6) is -0.930. The highest BCUT2D eigenvalue weighted by atomic mass is 16.5. The van der Waals surface area contributed by atoms with Crippen molar-refractivity contribution in [1.82, 2.24) is 4.98 Å². The number of rotatable bonds is 3. The predicted octanol–water partition coefficient (Wildman–Crippen LogP) is 1.05. The molecule has 0 amide bonds. The molecule has 5 nitrogen and oxygen atoms in total. The second kappa shape index (κ2) is 5.65. The summed E-state index contributed by atoms with van der Waals surface area (Å²) < 4.78 is 8.98. The van der Waals surface area contributed by atoms with Crippen molar-refractivity contribution >= 4 is 18.0 Å². The molecule has 0 saturated carbocycles. The van der Waals surface area contributed by atoms with Crippen LogP contribution in [0.15, 0.2) is 24.4 Å². The molecule has 0 saturated heterocycles. The van der Waals surface area contributed by atoms with Gasteiger partial charge in [-0.15, -0.1) is 0 Å². The van der Waals surface area contributed by atoms with Crippen LogP contribution in [0.5, 0.6) is 0 Å². The summed E-state index contributed by atoms with van der Waals surface area (Å²) in [5, 5.41) is 0. The van der Waals surface area contributed by atoms with E-state index in [2.05, 4.69) is 14.5 Å². The van der Waals surface area contributed by atoms with Crippen molar-refractivity contribution in [1.29, 1.82) is 0 Å². The maximum Gasteiger partial charge on any atom is 0.337 e. The van der Waals surface area contributed by atoms with Crippen LogP contribution in [0.25, 0.3) is 6.08 Å². The minimum atomic E-state index is -0.481. The molecule has 0 atom stereocenters. The summed E-state index contributed by atoms with van der Waals surface area (Å²) in [4.78, 5) is 26.0. The molecular weight excluding hydrogens is 210 g/mol. The normalized spacial score (nSPS) is 10.1. The zero-order valence-electron chi connectivity index (χ0n) is 8.97. The van der Waals surface area contributed by atoms with Crippen LogP contribution in [0.1, 0.15) is 16.1 Å². The number of methoxy groups -OCH3 is 2. The largest absolute Gasteiger partial charge is 0.466 e. The van der Waals surface area contributed by atoms with Gasteiger partial charge in [-0.3, -0.25) is 4.98 Å². The Kier molecular flexibility index (Phi) is 4.20. The van der Waals surface area contributed by atoms with Gasteiger partial charge in [-0.25, -0.2) is 9.59 Å². The van der Waals surface area contributed by atoms with Gasteiger partial charge in [0.15, 0.2) is 0 Å². The van der Waals surface area contributed by atoms with Gasteiger partial charge in [0, 0.05) is 12.3 Å². The van der Waals surface area contributed by atoms with Crippen LogP contribution in [-0.2, 0) is 14.3 Å². The lowest BCUT2D eigenvalue weighted by Crippen LogP contribution is -2.01. The number of carbonyl (C=O) groups is 2. The van der Waals surface area contributed by atoms with E-state index in [-0.39, 0.29) is 0 Å². The van der Waals surface area contributed by atoms with Crippen molar-refractivity contribution in [3.63, 3.8) is 0 Å². The molecule has 0 N–H and O–H groups in total. The predicted molar refractivity (Wildman–Crippen MR) is 56.6 cm³/mol. The second-order valence-electron chi connectivity index (χ2n) is 2.82. The molecule has 16 heavy (non-hydrogen) atoms.